The number of likely N-dealkylation sites (tertiary alicyclic amines) is 1. The number of carbonyl (C=O) groups is 2. The number of halogens is 3. The number of carboxylic acid groups (broad SMARTS) is 1. The van der Waals surface area contributed by atoms with Gasteiger partial charge in [0.25, 0.3) is 5.91 Å². The number of hydrogen-bond donors (Lipinski definition) is 2. The van der Waals surface area contributed by atoms with Gasteiger partial charge in [0.05, 0.1) is 25.0 Å². The smallest absolute Gasteiger partial charge is 0.475 e. The van der Waals surface area contributed by atoms with Crippen LogP contribution in [0.5, 0.6) is 0 Å². The summed E-state index contributed by atoms with van der Waals surface area (Å²) in [6.07, 6.45) is -0.501. The van der Waals surface area contributed by atoms with Crippen LogP contribution >= 0.6 is 0 Å². The summed E-state index contributed by atoms with van der Waals surface area (Å²) in [5, 5.41) is 17.0. The van der Waals surface area contributed by atoms with Gasteiger partial charge in [-0.3, -0.25) is 9.78 Å². The molecule has 42 heavy (non-hydrogen) atoms. The molecule has 1 atom stereocenters. The monoisotopic (exact) mass is 586 g/mol. The van der Waals surface area contributed by atoms with E-state index in [-0.39, 0.29) is 5.91 Å². The van der Waals surface area contributed by atoms with E-state index >= 15 is 0 Å². The number of rotatable bonds is 4. The number of amides is 1. The molecule has 0 saturated carbocycles. The number of pyridine rings is 1. The fourth-order valence-corrected chi connectivity index (χ4v) is 5.07. The van der Waals surface area contributed by atoms with E-state index in [1.165, 1.54) is 0 Å². The third-order valence-electron chi connectivity index (χ3n) is 7.16. The van der Waals surface area contributed by atoms with Crippen molar-refractivity contribution >= 4 is 29.3 Å². The maximum Gasteiger partial charge on any atom is 0.490 e. The van der Waals surface area contributed by atoms with Gasteiger partial charge in [-0.15, -0.1) is 0 Å². The number of fused-ring (bicyclic) bond motifs is 1. The molecule has 1 unspecified atom stereocenters. The first kappa shape index (κ1) is 29.2. The van der Waals surface area contributed by atoms with Crippen molar-refractivity contribution < 1.29 is 37.7 Å². The molecule has 0 spiro atoms. The summed E-state index contributed by atoms with van der Waals surface area (Å²) >= 11 is 0. The minimum Gasteiger partial charge on any atom is -0.475 e. The molecule has 222 valence electrons. The number of benzene rings is 1. The molecule has 3 aliphatic heterocycles. The van der Waals surface area contributed by atoms with E-state index in [0.717, 1.165) is 54.4 Å². The third kappa shape index (κ3) is 6.44. The van der Waals surface area contributed by atoms with Gasteiger partial charge >= 0.3 is 12.1 Å². The van der Waals surface area contributed by atoms with Crippen molar-refractivity contribution in [2.75, 3.05) is 55.7 Å². The fraction of sp³-hybridized carbons (Fsp3) is 0.393. The lowest BCUT2D eigenvalue weighted by Crippen LogP contribution is -2.37. The Morgan fingerprint density at radius 2 is 1.71 bits per heavy atom. The largest absolute Gasteiger partial charge is 0.490 e. The molecule has 2 N–H and O–H groups in total. The average Bonchev–Trinajstić information content (AvgIpc) is 3.63. The topological polar surface area (TPSA) is 132 Å². The number of alkyl halides is 3. The minimum atomic E-state index is -5.08. The van der Waals surface area contributed by atoms with E-state index in [0.29, 0.717) is 44.2 Å². The van der Waals surface area contributed by atoms with Crippen molar-refractivity contribution in [2.45, 2.75) is 25.1 Å². The number of nitrogens with zero attached hydrogens (tertiary/aromatic N) is 6. The van der Waals surface area contributed by atoms with Crippen molar-refractivity contribution in [2.24, 2.45) is 0 Å². The summed E-state index contributed by atoms with van der Waals surface area (Å²) in [5.74, 6) is -1.22. The van der Waals surface area contributed by atoms with E-state index in [4.69, 9.17) is 24.6 Å². The lowest BCUT2D eigenvalue weighted by molar-refractivity contribution is -0.192. The summed E-state index contributed by atoms with van der Waals surface area (Å²) in [4.78, 5) is 42.3. The number of aliphatic hydroxyl groups excluding tert-OH is 1. The Balaban J connectivity index is 0.000000451. The van der Waals surface area contributed by atoms with Gasteiger partial charge in [0.2, 0.25) is 5.95 Å². The highest BCUT2D eigenvalue weighted by molar-refractivity contribution is 5.96. The van der Waals surface area contributed by atoms with E-state index in [9.17, 15) is 23.1 Å². The highest BCUT2D eigenvalue weighted by Crippen LogP contribution is 2.39. The van der Waals surface area contributed by atoms with Crippen LogP contribution in [0, 0.1) is 0 Å². The summed E-state index contributed by atoms with van der Waals surface area (Å²) in [6.45, 7) is 4.54. The lowest BCUT2D eigenvalue weighted by atomic mass is 10.0. The summed E-state index contributed by atoms with van der Waals surface area (Å²) < 4.78 is 37.3. The Kier molecular flexibility index (Phi) is 8.54. The number of ether oxygens (including phenoxy) is 1. The van der Waals surface area contributed by atoms with E-state index in [1.807, 2.05) is 36.4 Å². The molecule has 2 fully saturated rings. The van der Waals surface area contributed by atoms with E-state index in [1.54, 1.807) is 17.3 Å². The van der Waals surface area contributed by atoms with Crippen molar-refractivity contribution in [3.05, 3.63) is 59.9 Å². The second-order valence-corrected chi connectivity index (χ2v) is 9.96. The van der Waals surface area contributed by atoms with Gasteiger partial charge in [0, 0.05) is 67.5 Å². The zero-order valence-electron chi connectivity index (χ0n) is 22.5. The number of anilines is 3. The quantitative estimate of drug-likeness (QED) is 0.470. The van der Waals surface area contributed by atoms with Gasteiger partial charge in [-0.25, -0.2) is 9.78 Å². The Bertz CT molecular complexity index is 1440. The molecule has 0 bridgehead atoms. The molecular formula is C28H29F3N6O5. The second-order valence-electron chi connectivity index (χ2n) is 9.96. The van der Waals surface area contributed by atoms with Crippen LogP contribution in [0.15, 0.2) is 48.8 Å². The third-order valence-corrected chi connectivity index (χ3v) is 7.16. The maximum absolute atomic E-state index is 13.1. The molecule has 0 aliphatic carbocycles. The predicted molar refractivity (Wildman–Crippen MR) is 146 cm³/mol. The Labute approximate surface area is 239 Å². The first-order chi connectivity index (χ1) is 20.1. The van der Waals surface area contributed by atoms with Crippen LogP contribution in [0.25, 0.3) is 11.3 Å². The van der Waals surface area contributed by atoms with Gasteiger partial charge in [-0.05, 0) is 37.1 Å². The molecular weight excluding hydrogens is 557 g/mol. The Morgan fingerprint density at radius 3 is 2.36 bits per heavy atom. The Morgan fingerprint density at radius 1 is 1.00 bits per heavy atom. The van der Waals surface area contributed by atoms with Crippen LogP contribution < -0.4 is 9.80 Å². The van der Waals surface area contributed by atoms with Crippen LogP contribution in [0.3, 0.4) is 0 Å². The molecule has 1 aromatic carbocycles. The van der Waals surface area contributed by atoms with Gasteiger partial charge in [0.1, 0.15) is 5.82 Å². The lowest BCUT2D eigenvalue weighted by Gasteiger charge is -2.28. The van der Waals surface area contributed by atoms with E-state index in [2.05, 4.69) is 14.8 Å². The highest BCUT2D eigenvalue weighted by Gasteiger charge is 2.38. The number of aliphatic hydroxyl groups is 1. The van der Waals surface area contributed by atoms with Crippen molar-refractivity contribution in [1.29, 1.82) is 0 Å². The highest BCUT2D eigenvalue weighted by atomic mass is 19.4. The van der Waals surface area contributed by atoms with Crippen molar-refractivity contribution in [3.8, 4) is 11.3 Å². The molecule has 3 aliphatic rings. The molecule has 1 amide bonds. The molecule has 0 radical (unpaired) electrons. The first-order valence-electron chi connectivity index (χ1n) is 13.4. The van der Waals surface area contributed by atoms with E-state index < -0.39 is 18.2 Å². The van der Waals surface area contributed by atoms with Crippen LogP contribution in [-0.4, -0.2) is 100 Å². The summed E-state index contributed by atoms with van der Waals surface area (Å²) in [7, 11) is 0. The standard InChI is InChI=1S/C26H28N6O3.C2HF3O2/c33-21-6-10-31(17-21)25(34)19-3-1-2-18(16-19)23-22-7-11-32(20-4-8-27-9-5-20)24(22)29-26(28-23)30-12-14-35-15-13-30;3-2(4,5)1(6)7/h1-5,8-9,16,21,33H,6-7,10-15,17H2;(H,6,7). The van der Waals surface area contributed by atoms with Gasteiger partial charge in [0.15, 0.2) is 0 Å². The van der Waals surface area contributed by atoms with Crippen LogP contribution in [-0.2, 0) is 16.0 Å². The summed E-state index contributed by atoms with van der Waals surface area (Å²) in [5.41, 5.74) is 4.51. The minimum absolute atomic E-state index is 0.0547. The molecule has 11 nitrogen and oxygen atoms in total. The molecule has 3 aromatic rings. The second kappa shape index (κ2) is 12.3. The number of hydrogen-bond acceptors (Lipinski definition) is 9. The number of morpholine rings is 1. The molecule has 14 heteroatoms. The number of carboxylic acids is 1. The maximum atomic E-state index is 13.1. The zero-order chi connectivity index (χ0) is 29.9. The average molecular weight is 587 g/mol. The van der Waals surface area contributed by atoms with Gasteiger partial charge in [-0.2, -0.15) is 18.2 Å². The molecule has 6 rings (SSSR count). The van der Waals surface area contributed by atoms with Crippen LogP contribution in [0.4, 0.5) is 30.6 Å². The number of aromatic nitrogens is 3. The van der Waals surface area contributed by atoms with Crippen molar-refractivity contribution in [1.82, 2.24) is 19.9 Å². The zero-order valence-corrected chi connectivity index (χ0v) is 22.5. The predicted octanol–water partition coefficient (Wildman–Crippen LogP) is 2.91. The number of β-amino-alcohol motifs (C(OH)–C–C–N with tert-alkyl or cyclic N) is 1. The van der Waals surface area contributed by atoms with Crippen molar-refractivity contribution in [3.63, 3.8) is 0 Å². The first-order valence-corrected chi connectivity index (χ1v) is 13.4. The summed E-state index contributed by atoms with van der Waals surface area (Å²) in [6, 6.07) is 11.7. The fourth-order valence-electron chi connectivity index (χ4n) is 5.07. The number of carbonyl (C=O) groups excluding carboxylic acids is 1. The van der Waals surface area contributed by atoms with Gasteiger partial charge < -0.3 is 29.6 Å². The SMILES string of the molecule is O=C(O)C(F)(F)F.O=C(c1cccc(-c2nc(N3CCOCC3)nc3c2CCN3c2ccncc2)c1)N1CCC(O)C1. The normalized spacial score (nSPS) is 18.4. The van der Waals surface area contributed by atoms with Crippen LogP contribution in [0.1, 0.15) is 22.3 Å². The Hall–Kier alpha value is -4.30. The van der Waals surface area contributed by atoms with Crippen LogP contribution in [0.2, 0.25) is 0 Å². The molecule has 5 heterocycles. The van der Waals surface area contributed by atoms with Gasteiger partial charge in [-0.1, -0.05) is 12.1 Å². The molecule has 2 aromatic heterocycles. The molecule has 2 saturated heterocycles. The number of aliphatic carboxylic acids is 1.